The monoisotopic (exact) mass is 647 g/mol. The maximum atomic E-state index is 12.9. The van der Waals surface area contributed by atoms with Crippen LogP contribution in [0.25, 0.3) is 0 Å². The van der Waals surface area contributed by atoms with Gasteiger partial charge in [0.15, 0.2) is 0 Å². The number of aliphatic hydroxyl groups excluding tert-OH is 1. The molecule has 0 aromatic heterocycles. The minimum Gasteiger partial charge on any atom is -0.861 e. The van der Waals surface area contributed by atoms with Crippen LogP contribution < -0.4 is 10.2 Å². The van der Waals surface area contributed by atoms with Crippen LogP contribution in [0.2, 0.25) is 0 Å². The number of halogens is 1. The normalized spacial score (nSPS) is 16.1. The molecule has 2 atom stereocenters. The van der Waals surface area contributed by atoms with E-state index in [-0.39, 0.29) is 42.0 Å². The third-order valence-corrected chi connectivity index (χ3v) is 7.42. The largest absolute Gasteiger partial charge is 2.00 e. The van der Waals surface area contributed by atoms with Crippen LogP contribution in [0, 0.1) is 0 Å². The molecule has 4 rings (SSSR count). The Morgan fingerprint density at radius 2 is 1.57 bits per heavy atom. The van der Waals surface area contributed by atoms with Gasteiger partial charge >= 0.3 is 16.5 Å². The molecule has 7 nitrogen and oxygen atoms in total. The summed E-state index contributed by atoms with van der Waals surface area (Å²) in [6.45, 7) is 1.80. The second kappa shape index (κ2) is 15.8. The zero-order valence-electron chi connectivity index (χ0n) is 22.0. The van der Waals surface area contributed by atoms with Gasteiger partial charge in [-0.2, -0.15) is 0 Å². The fourth-order valence-electron chi connectivity index (χ4n) is 4.95. The van der Waals surface area contributed by atoms with Crippen molar-refractivity contribution in [2.45, 2.75) is 37.6 Å². The van der Waals surface area contributed by atoms with E-state index in [1.807, 2.05) is 60.7 Å². The number of aliphatic imine (C=N–C) groups is 2. The summed E-state index contributed by atoms with van der Waals surface area (Å²) in [5.74, 6) is -2.22. The van der Waals surface area contributed by atoms with Gasteiger partial charge in [-0.15, -0.1) is 0 Å². The summed E-state index contributed by atoms with van der Waals surface area (Å²) in [4.78, 5) is 23.9. The number of aliphatic carboxylic acids is 1. The van der Waals surface area contributed by atoms with Crippen LogP contribution in [0.4, 0.5) is 5.69 Å². The molecule has 212 valence electrons. The average molecular weight is 649 g/mol. The molecule has 1 heterocycles. The standard InChI is InChI=1S/C31H34BrN3O4.Ni/c32-24-15-13-22(14-16-24)25(17-20-36)30(31(38)39)34-29(23-9-3-1-4-10-23)26-11-5-6-12-27(26)33-28(37)21-35-18-7-2-8-19-35;/h1,3-6,9-16,25,30,36H,2,7-8,17-21H2,(H,33,37)(H,38,39);/q;+2/p-2/t25-,30+;/m0./s1. The number of hydrogen-bond acceptors (Lipinski definition) is 7. The average Bonchev–Trinajstić information content (AvgIpc) is 2.95. The summed E-state index contributed by atoms with van der Waals surface area (Å²) in [5.41, 5.74) is 2.80. The van der Waals surface area contributed by atoms with Crippen LogP contribution in [-0.4, -0.2) is 59.9 Å². The Labute approximate surface area is 253 Å². The summed E-state index contributed by atoms with van der Waals surface area (Å²) in [6.07, 6.45) is 3.52. The number of benzene rings is 3. The van der Waals surface area contributed by atoms with Crippen LogP contribution in [0.15, 0.2) is 93.3 Å². The molecule has 0 unspecified atom stereocenters. The minimum atomic E-state index is -1.35. The van der Waals surface area contributed by atoms with Gasteiger partial charge in [-0.1, -0.05) is 83.0 Å². The molecule has 0 spiro atoms. The molecule has 40 heavy (non-hydrogen) atoms. The Bertz CT molecular complexity index is 1300. The van der Waals surface area contributed by atoms with Crippen LogP contribution in [0.5, 0.6) is 0 Å². The number of rotatable bonds is 11. The first-order valence-corrected chi connectivity index (χ1v) is 14.0. The molecule has 1 N–H and O–H groups in total. The van der Waals surface area contributed by atoms with Crippen LogP contribution in [-0.2, 0) is 21.3 Å². The van der Waals surface area contributed by atoms with Crippen molar-refractivity contribution < 1.29 is 36.6 Å². The number of para-hydroxylation sites is 1. The number of hydrogen-bond donors (Lipinski definition) is 1. The number of carbonyl (C=O) groups is 1. The number of carboxylic acid groups (broad SMARTS) is 1. The van der Waals surface area contributed by atoms with Gasteiger partial charge in [-0.3, -0.25) is 14.9 Å². The Balaban J connectivity index is 0.00000441. The second-order valence-electron chi connectivity index (χ2n) is 9.64. The molecule has 1 saturated heterocycles. The van der Waals surface area contributed by atoms with Crippen molar-refractivity contribution in [3.8, 4) is 0 Å². The predicted octanol–water partition coefficient (Wildman–Crippen LogP) is 3.44. The van der Waals surface area contributed by atoms with E-state index in [0.717, 1.165) is 36.0 Å². The van der Waals surface area contributed by atoms with Gasteiger partial charge in [-0.25, -0.2) is 0 Å². The maximum Gasteiger partial charge on any atom is 2.00 e. The Kier molecular flexibility index (Phi) is 12.5. The first kappa shape index (κ1) is 31.7. The van der Waals surface area contributed by atoms with Crippen molar-refractivity contribution in [2.75, 3.05) is 26.2 Å². The molecular weight excluding hydrogens is 617 g/mol. The predicted molar refractivity (Wildman–Crippen MR) is 153 cm³/mol. The van der Waals surface area contributed by atoms with Gasteiger partial charge in [0.1, 0.15) is 0 Å². The molecule has 0 radical (unpaired) electrons. The molecule has 0 aliphatic carbocycles. The quantitative estimate of drug-likeness (QED) is 0.195. The first-order chi connectivity index (χ1) is 19.0. The van der Waals surface area contributed by atoms with E-state index in [2.05, 4.69) is 25.8 Å². The van der Waals surface area contributed by atoms with Gasteiger partial charge in [0.05, 0.1) is 23.4 Å². The molecule has 3 aromatic rings. The van der Waals surface area contributed by atoms with E-state index in [4.69, 9.17) is 4.99 Å². The summed E-state index contributed by atoms with van der Waals surface area (Å²) in [5, 5.41) is 35.3. The van der Waals surface area contributed by atoms with Crippen LogP contribution >= 0.6 is 15.9 Å². The zero-order valence-corrected chi connectivity index (χ0v) is 24.6. The van der Waals surface area contributed by atoms with Crippen LogP contribution in [0.3, 0.4) is 0 Å². The third-order valence-electron chi connectivity index (χ3n) is 6.89. The fraction of sp³-hybridized carbons (Fsp3) is 0.323. The van der Waals surface area contributed by atoms with E-state index in [1.165, 1.54) is 6.42 Å². The molecular formula is C31H32BrN3NiO4. The molecule has 0 bridgehead atoms. The number of carbonyl (C=O) groups excluding carboxylic acids is 1. The van der Waals surface area contributed by atoms with Gasteiger partial charge < -0.3 is 20.1 Å². The van der Waals surface area contributed by atoms with E-state index in [9.17, 15) is 20.1 Å². The first-order valence-electron chi connectivity index (χ1n) is 13.2. The van der Waals surface area contributed by atoms with Gasteiger partial charge in [0.2, 0.25) is 0 Å². The second-order valence-corrected chi connectivity index (χ2v) is 10.6. The van der Waals surface area contributed by atoms with Crippen LogP contribution in [0.1, 0.15) is 48.3 Å². The molecule has 3 aromatic carbocycles. The smallest absolute Gasteiger partial charge is 0.861 e. The summed E-state index contributed by atoms with van der Waals surface area (Å²) in [6, 6.07) is 22.4. The molecule has 0 amide bonds. The number of nitrogens with zero attached hydrogens (tertiary/aromatic N) is 3. The summed E-state index contributed by atoms with van der Waals surface area (Å²) >= 11 is 3.41. The van der Waals surface area contributed by atoms with Gasteiger partial charge in [-0.05, 0) is 62.0 Å². The summed E-state index contributed by atoms with van der Waals surface area (Å²) < 4.78 is 0.859. The number of carboxylic acids is 1. The van der Waals surface area contributed by atoms with Gasteiger partial charge in [0, 0.05) is 34.7 Å². The minimum absolute atomic E-state index is 0. The number of likely N-dealkylation sites (tertiary alicyclic amines) is 1. The van der Waals surface area contributed by atoms with Crippen molar-refractivity contribution in [1.82, 2.24) is 4.90 Å². The molecule has 1 fully saturated rings. The Morgan fingerprint density at radius 1 is 0.925 bits per heavy atom. The third kappa shape index (κ3) is 8.58. The van der Waals surface area contributed by atoms with Crippen molar-refractivity contribution in [3.05, 3.63) is 100 Å². The van der Waals surface area contributed by atoms with E-state index >= 15 is 0 Å². The molecule has 0 saturated carbocycles. The topological polar surface area (TPSA) is 111 Å². The van der Waals surface area contributed by atoms with Crippen molar-refractivity contribution in [2.24, 2.45) is 9.98 Å². The SMILES string of the molecule is O=C([O-])[C@H](N=C(c1ccccc1)c1ccccc1N=C([O-])CN1CCCCC1)[C@@H](CCO)c1ccc(Br)cc1.[Ni+2]. The van der Waals surface area contributed by atoms with Crippen molar-refractivity contribution in [1.29, 1.82) is 0 Å². The van der Waals surface area contributed by atoms with Gasteiger partial charge in [0.25, 0.3) is 0 Å². The molecule has 1 aliphatic heterocycles. The number of aliphatic hydroxyl groups is 1. The van der Waals surface area contributed by atoms with Crippen molar-refractivity contribution in [3.63, 3.8) is 0 Å². The van der Waals surface area contributed by atoms with E-state index in [0.29, 0.717) is 22.5 Å². The maximum absolute atomic E-state index is 12.9. The Morgan fingerprint density at radius 3 is 2.23 bits per heavy atom. The zero-order chi connectivity index (χ0) is 27.6. The van der Waals surface area contributed by atoms with E-state index in [1.54, 1.807) is 18.2 Å². The molecule has 9 heteroatoms. The molecule has 1 aliphatic rings. The summed E-state index contributed by atoms with van der Waals surface area (Å²) in [7, 11) is 0. The fourth-order valence-corrected chi connectivity index (χ4v) is 5.21. The Hall–Kier alpha value is -2.84. The number of piperidine rings is 1. The van der Waals surface area contributed by atoms with E-state index < -0.39 is 17.9 Å². The van der Waals surface area contributed by atoms with Crippen molar-refractivity contribution >= 4 is 39.2 Å².